The Bertz CT molecular complexity index is 692. The number of rotatable bonds is 5. The van der Waals surface area contributed by atoms with E-state index in [9.17, 15) is 4.79 Å². The van der Waals surface area contributed by atoms with Crippen molar-refractivity contribution >= 4 is 28.9 Å². The summed E-state index contributed by atoms with van der Waals surface area (Å²) < 4.78 is 0. The molecule has 22 heavy (non-hydrogen) atoms. The zero-order valence-electron chi connectivity index (χ0n) is 12.1. The number of carbonyl (C=O) groups excluding carboxylic acids is 1. The van der Waals surface area contributed by atoms with Crippen LogP contribution < -0.4 is 10.6 Å². The van der Waals surface area contributed by atoms with E-state index in [1.165, 1.54) is 0 Å². The van der Waals surface area contributed by atoms with Crippen molar-refractivity contribution in [2.24, 2.45) is 0 Å². The molecule has 2 N–H and O–H groups in total. The summed E-state index contributed by atoms with van der Waals surface area (Å²) in [4.78, 5) is 12.1. The van der Waals surface area contributed by atoms with Crippen LogP contribution in [0.1, 0.15) is 12.5 Å². The van der Waals surface area contributed by atoms with E-state index in [2.05, 4.69) is 16.7 Å². The van der Waals surface area contributed by atoms with E-state index in [-0.39, 0.29) is 5.91 Å². The van der Waals surface area contributed by atoms with Crippen LogP contribution in [-0.4, -0.2) is 11.9 Å². The maximum absolute atomic E-state index is 12.1. The molecule has 2 aromatic carbocycles. The fourth-order valence-corrected chi connectivity index (χ4v) is 2.13. The number of nitrogens with zero attached hydrogens (tertiary/aromatic N) is 1. The van der Waals surface area contributed by atoms with Gasteiger partial charge in [0.15, 0.2) is 0 Å². The third-order valence-corrected chi connectivity index (χ3v) is 3.34. The predicted molar refractivity (Wildman–Crippen MR) is 88.9 cm³/mol. The molecular weight excluding hydrogens is 298 g/mol. The molecule has 0 bridgehead atoms. The van der Waals surface area contributed by atoms with Crippen molar-refractivity contribution in [1.29, 1.82) is 5.26 Å². The third kappa shape index (κ3) is 4.51. The van der Waals surface area contributed by atoms with Gasteiger partial charge < -0.3 is 10.6 Å². The van der Waals surface area contributed by atoms with E-state index in [4.69, 9.17) is 16.9 Å². The lowest BCUT2D eigenvalue weighted by atomic mass is 10.1. The van der Waals surface area contributed by atoms with Gasteiger partial charge in [0.1, 0.15) is 6.04 Å². The second kappa shape index (κ2) is 7.48. The Kier molecular flexibility index (Phi) is 5.40. The van der Waals surface area contributed by atoms with Gasteiger partial charge in [0.05, 0.1) is 12.5 Å². The first kappa shape index (κ1) is 15.9. The zero-order chi connectivity index (χ0) is 15.9. The second-order valence-corrected chi connectivity index (χ2v) is 5.33. The maximum atomic E-state index is 12.1. The summed E-state index contributed by atoms with van der Waals surface area (Å²) in [5.74, 6) is -0.150. The van der Waals surface area contributed by atoms with Crippen molar-refractivity contribution in [1.82, 2.24) is 0 Å². The van der Waals surface area contributed by atoms with E-state index in [0.717, 1.165) is 11.3 Å². The Balaban J connectivity index is 1.95. The first-order valence-corrected chi connectivity index (χ1v) is 7.25. The summed E-state index contributed by atoms with van der Waals surface area (Å²) in [6.45, 7) is 1.78. The molecular formula is C17H16ClN3O. The molecule has 1 unspecified atom stereocenters. The van der Waals surface area contributed by atoms with Gasteiger partial charge in [0.2, 0.25) is 5.91 Å². The maximum Gasteiger partial charge on any atom is 0.246 e. The van der Waals surface area contributed by atoms with Crippen LogP contribution in [0.15, 0.2) is 48.5 Å². The lowest BCUT2D eigenvalue weighted by Gasteiger charge is -2.15. The highest BCUT2D eigenvalue weighted by molar-refractivity contribution is 6.30. The van der Waals surface area contributed by atoms with Crippen LogP contribution in [0.4, 0.5) is 11.4 Å². The number of nitriles is 1. The van der Waals surface area contributed by atoms with E-state index in [0.29, 0.717) is 17.1 Å². The summed E-state index contributed by atoms with van der Waals surface area (Å²) in [6, 6.07) is 16.2. The van der Waals surface area contributed by atoms with Gasteiger partial charge in [-0.1, -0.05) is 29.8 Å². The first-order valence-electron chi connectivity index (χ1n) is 6.87. The highest BCUT2D eigenvalue weighted by Crippen LogP contribution is 2.16. The van der Waals surface area contributed by atoms with Crippen LogP contribution in [0.5, 0.6) is 0 Å². The lowest BCUT2D eigenvalue weighted by molar-refractivity contribution is -0.116. The minimum absolute atomic E-state index is 0.150. The number of carbonyl (C=O) groups is 1. The van der Waals surface area contributed by atoms with Crippen LogP contribution in [0, 0.1) is 11.3 Å². The molecule has 2 aromatic rings. The van der Waals surface area contributed by atoms with Crippen LogP contribution in [0.3, 0.4) is 0 Å². The standard InChI is InChI=1S/C17H16ClN3O/c1-12(17(22)21-16-4-2-3-14(18)11-16)20-15-7-5-13(6-8-15)9-10-19/h2-8,11-12,20H,9H2,1H3,(H,21,22). The van der Waals surface area contributed by atoms with E-state index >= 15 is 0 Å². The third-order valence-electron chi connectivity index (χ3n) is 3.11. The number of hydrogen-bond acceptors (Lipinski definition) is 3. The summed E-state index contributed by atoms with van der Waals surface area (Å²) in [5, 5.41) is 15.1. The number of anilines is 2. The molecule has 0 saturated carbocycles. The highest BCUT2D eigenvalue weighted by atomic mass is 35.5. The largest absolute Gasteiger partial charge is 0.374 e. The van der Waals surface area contributed by atoms with Gasteiger partial charge in [-0.15, -0.1) is 0 Å². The molecule has 112 valence electrons. The fourth-order valence-electron chi connectivity index (χ4n) is 1.94. The van der Waals surface area contributed by atoms with Crippen molar-refractivity contribution in [2.75, 3.05) is 10.6 Å². The van der Waals surface area contributed by atoms with Crippen molar-refractivity contribution in [2.45, 2.75) is 19.4 Å². The number of amides is 1. The topological polar surface area (TPSA) is 64.9 Å². The highest BCUT2D eigenvalue weighted by Gasteiger charge is 2.12. The van der Waals surface area contributed by atoms with Crippen molar-refractivity contribution in [3.63, 3.8) is 0 Å². The van der Waals surface area contributed by atoms with Gasteiger partial charge in [-0.3, -0.25) is 4.79 Å². The molecule has 4 nitrogen and oxygen atoms in total. The van der Waals surface area contributed by atoms with Crippen molar-refractivity contribution in [3.8, 4) is 6.07 Å². The fraction of sp³-hybridized carbons (Fsp3) is 0.176. The number of halogens is 1. The molecule has 2 rings (SSSR count). The molecule has 0 aliphatic heterocycles. The quantitative estimate of drug-likeness (QED) is 0.881. The van der Waals surface area contributed by atoms with Crippen LogP contribution in [0.2, 0.25) is 5.02 Å². The zero-order valence-corrected chi connectivity index (χ0v) is 12.9. The minimum Gasteiger partial charge on any atom is -0.374 e. The summed E-state index contributed by atoms with van der Waals surface area (Å²) in [7, 11) is 0. The number of nitrogens with one attached hydrogen (secondary N) is 2. The van der Waals surface area contributed by atoms with Gasteiger partial charge in [-0.05, 0) is 42.8 Å². The molecule has 0 aromatic heterocycles. The second-order valence-electron chi connectivity index (χ2n) is 4.90. The Morgan fingerprint density at radius 1 is 1.23 bits per heavy atom. The first-order chi connectivity index (χ1) is 10.6. The minimum atomic E-state index is -0.402. The average molecular weight is 314 g/mol. The molecule has 0 saturated heterocycles. The van der Waals surface area contributed by atoms with E-state index in [1.807, 2.05) is 24.3 Å². The monoisotopic (exact) mass is 313 g/mol. The summed E-state index contributed by atoms with van der Waals surface area (Å²) in [5.41, 5.74) is 2.44. The molecule has 0 radical (unpaired) electrons. The van der Waals surface area contributed by atoms with Crippen LogP contribution in [0.25, 0.3) is 0 Å². The molecule has 0 aliphatic carbocycles. The average Bonchev–Trinajstić information content (AvgIpc) is 2.49. The van der Waals surface area contributed by atoms with E-state index in [1.54, 1.807) is 31.2 Å². The van der Waals surface area contributed by atoms with Crippen LogP contribution in [-0.2, 0) is 11.2 Å². The normalized spacial score (nSPS) is 11.3. The Labute approximate surface area is 134 Å². The molecule has 0 aliphatic rings. The Morgan fingerprint density at radius 3 is 2.59 bits per heavy atom. The summed E-state index contributed by atoms with van der Waals surface area (Å²) >= 11 is 5.89. The summed E-state index contributed by atoms with van der Waals surface area (Å²) in [6.07, 6.45) is 0.380. The van der Waals surface area contributed by atoms with Gasteiger partial charge >= 0.3 is 0 Å². The SMILES string of the molecule is CC(Nc1ccc(CC#N)cc1)C(=O)Nc1cccc(Cl)c1. The number of benzene rings is 2. The molecule has 0 heterocycles. The molecule has 1 atom stereocenters. The Hall–Kier alpha value is -2.51. The smallest absolute Gasteiger partial charge is 0.246 e. The molecule has 0 spiro atoms. The lowest BCUT2D eigenvalue weighted by Crippen LogP contribution is -2.31. The molecule has 5 heteroatoms. The van der Waals surface area contributed by atoms with Gasteiger partial charge in [-0.2, -0.15) is 5.26 Å². The molecule has 1 amide bonds. The van der Waals surface area contributed by atoms with Crippen LogP contribution >= 0.6 is 11.6 Å². The predicted octanol–water partition coefficient (Wildman–Crippen LogP) is 3.85. The van der Waals surface area contributed by atoms with Gasteiger partial charge in [-0.25, -0.2) is 0 Å². The van der Waals surface area contributed by atoms with Crippen molar-refractivity contribution in [3.05, 3.63) is 59.1 Å². The molecule has 0 fully saturated rings. The van der Waals surface area contributed by atoms with Gasteiger partial charge in [0.25, 0.3) is 0 Å². The van der Waals surface area contributed by atoms with E-state index < -0.39 is 6.04 Å². The van der Waals surface area contributed by atoms with Crippen molar-refractivity contribution < 1.29 is 4.79 Å². The Morgan fingerprint density at radius 2 is 1.95 bits per heavy atom. The van der Waals surface area contributed by atoms with Gasteiger partial charge in [0, 0.05) is 16.4 Å². The number of hydrogen-bond donors (Lipinski definition) is 2.